The Kier molecular flexibility index (Phi) is 5.54. The highest BCUT2D eigenvalue weighted by Gasteiger charge is 2.29. The van der Waals surface area contributed by atoms with E-state index in [1.54, 1.807) is 18.7 Å². The minimum Gasteiger partial charge on any atom is -0.370 e. The van der Waals surface area contributed by atoms with E-state index < -0.39 is 10.2 Å². The molecule has 0 unspecified atom stereocenters. The van der Waals surface area contributed by atoms with E-state index in [-0.39, 0.29) is 12.3 Å². The summed E-state index contributed by atoms with van der Waals surface area (Å²) in [5.41, 5.74) is 6.18. The van der Waals surface area contributed by atoms with Crippen molar-refractivity contribution in [2.24, 2.45) is 5.73 Å². The van der Waals surface area contributed by atoms with E-state index in [0.29, 0.717) is 13.1 Å². The number of amides is 2. The van der Waals surface area contributed by atoms with Crippen LogP contribution in [0.2, 0.25) is 0 Å². The van der Waals surface area contributed by atoms with E-state index in [1.807, 2.05) is 30.3 Å². The fourth-order valence-corrected chi connectivity index (χ4v) is 1.93. The number of nitrogens with zero attached hydrogens (tertiary/aromatic N) is 1. The highest BCUT2D eigenvalue weighted by Crippen LogP contribution is 2.21. The summed E-state index contributed by atoms with van der Waals surface area (Å²) in [6, 6.07) is 9.67. The molecule has 0 saturated heterocycles. The van der Waals surface area contributed by atoms with Gasteiger partial charge in [0.2, 0.25) is 11.8 Å². The maximum absolute atomic E-state index is 12.3. The lowest BCUT2D eigenvalue weighted by Crippen LogP contribution is -2.42. The van der Waals surface area contributed by atoms with E-state index in [1.165, 1.54) is 0 Å². The lowest BCUT2D eigenvalue weighted by atomic mass is 10.1. The van der Waals surface area contributed by atoms with Crippen molar-refractivity contribution in [3.8, 4) is 0 Å². The van der Waals surface area contributed by atoms with Crippen molar-refractivity contribution >= 4 is 27.7 Å². The van der Waals surface area contributed by atoms with Gasteiger partial charge < -0.3 is 10.6 Å². The SMILES string of the molecule is CC(C)(Br)C(=O)N(CCC(N)=O)Cc1ccccc1. The fraction of sp³-hybridized carbons (Fsp3) is 0.429. The molecule has 5 heteroatoms. The molecule has 4 nitrogen and oxygen atoms in total. The second-order valence-corrected chi connectivity index (χ2v) is 6.88. The van der Waals surface area contributed by atoms with E-state index in [9.17, 15) is 9.59 Å². The highest BCUT2D eigenvalue weighted by atomic mass is 79.9. The normalized spacial score (nSPS) is 11.1. The number of carbonyl (C=O) groups excluding carboxylic acids is 2. The second-order valence-electron chi connectivity index (χ2n) is 4.90. The van der Waals surface area contributed by atoms with Crippen molar-refractivity contribution in [1.29, 1.82) is 0 Å². The molecule has 0 fully saturated rings. The fourth-order valence-electron chi connectivity index (χ4n) is 1.68. The molecular weight excluding hydrogens is 308 g/mol. The minimum absolute atomic E-state index is 0.0578. The molecule has 0 aromatic heterocycles. The number of halogens is 1. The Hall–Kier alpha value is -1.36. The summed E-state index contributed by atoms with van der Waals surface area (Å²) in [6.45, 7) is 4.38. The third-order valence-corrected chi connectivity index (χ3v) is 2.98. The molecule has 0 saturated carbocycles. The van der Waals surface area contributed by atoms with Crippen molar-refractivity contribution in [1.82, 2.24) is 4.90 Å². The average Bonchev–Trinajstić information content (AvgIpc) is 2.33. The first kappa shape index (κ1) is 15.7. The van der Waals surface area contributed by atoms with Gasteiger partial charge in [-0.2, -0.15) is 0 Å². The summed E-state index contributed by atoms with van der Waals surface area (Å²) in [7, 11) is 0. The summed E-state index contributed by atoms with van der Waals surface area (Å²) in [4.78, 5) is 24.9. The van der Waals surface area contributed by atoms with Gasteiger partial charge in [0, 0.05) is 19.5 Å². The molecule has 2 amide bonds. The lowest BCUT2D eigenvalue weighted by molar-refractivity contribution is -0.133. The Morgan fingerprint density at radius 3 is 2.32 bits per heavy atom. The van der Waals surface area contributed by atoms with Crippen LogP contribution >= 0.6 is 15.9 Å². The second kappa shape index (κ2) is 6.70. The number of benzene rings is 1. The number of primary amides is 1. The lowest BCUT2D eigenvalue weighted by Gasteiger charge is -2.28. The van der Waals surface area contributed by atoms with Gasteiger partial charge >= 0.3 is 0 Å². The number of hydrogen-bond acceptors (Lipinski definition) is 2. The van der Waals surface area contributed by atoms with Gasteiger partial charge in [0.1, 0.15) is 0 Å². The van der Waals surface area contributed by atoms with Crippen molar-refractivity contribution in [3.05, 3.63) is 35.9 Å². The quantitative estimate of drug-likeness (QED) is 0.813. The summed E-state index contributed by atoms with van der Waals surface area (Å²) in [5, 5.41) is 0. The Balaban J connectivity index is 2.80. The van der Waals surface area contributed by atoms with Crippen molar-refractivity contribution < 1.29 is 9.59 Å². The Labute approximate surface area is 122 Å². The zero-order valence-corrected chi connectivity index (χ0v) is 12.8. The largest absolute Gasteiger partial charge is 0.370 e. The first-order valence-corrected chi connectivity index (χ1v) is 6.90. The molecule has 1 aromatic carbocycles. The smallest absolute Gasteiger partial charge is 0.239 e. The Bertz CT molecular complexity index is 441. The van der Waals surface area contributed by atoms with Gasteiger partial charge in [-0.3, -0.25) is 9.59 Å². The van der Waals surface area contributed by atoms with Crippen molar-refractivity contribution in [2.45, 2.75) is 31.1 Å². The number of rotatable bonds is 6. The summed E-state index contributed by atoms with van der Waals surface area (Å²) in [6.07, 6.45) is 0.168. The predicted octanol–water partition coefficient (Wildman–Crippen LogP) is 2.06. The standard InChI is InChI=1S/C14H19BrN2O2/c1-14(2,15)13(19)17(9-8-12(16)18)10-11-6-4-3-5-7-11/h3-7H,8-10H2,1-2H3,(H2,16,18). The molecule has 2 N–H and O–H groups in total. The Morgan fingerprint density at radius 1 is 1.26 bits per heavy atom. The molecule has 0 radical (unpaired) electrons. The molecule has 19 heavy (non-hydrogen) atoms. The van der Waals surface area contributed by atoms with E-state index in [0.717, 1.165) is 5.56 Å². The minimum atomic E-state index is -0.653. The van der Waals surface area contributed by atoms with Crippen LogP contribution in [-0.2, 0) is 16.1 Å². The van der Waals surface area contributed by atoms with Crippen LogP contribution in [0.15, 0.2) is 30.3 Å². The molecule has 0 bridgehead atoms. The van der Waals surface area contributed by atoms with Crippen LogP contribution in [0.5, 0.6) is 0 Å². The monoisotopic (exact) mass is 326 g/mol. The first-order valence-electron chi connectivity index (χ1n) is 6.11. The van der Waals surface area contributed by atoms with Gasteiger partial charge in [-0.25, -0.2) is 0 Å². The third kappa shape index (κ3) is 5.42. The molecule has 104 valence electrons. The molecule has 0 spiro atoms. The van der Waals surface area contributed by atoms with Gasteiger partial charge in [-0.15, -0.1) is 0 Å². The van der Waals surface area contributed by atoms with Crippen LogP contribution in [0.4, 0.5) is 0 Å². The number of nitrogens with two attached hydrogens (primary N) is 1. The van der Waals surface area contributed by atoms with Gasteiger partial charge in [-0.05, 0) is 19.4 Å². The maximum Gasteiger partial charge on any atom is 0.239 e. The summed E-state index contributed by atoms with van der Waals surface area (Å²) >= 11 is 3.36. The first-order chi connectivity index (χ1) is 8.80. The predicted molar refractivity (Wildman–Crippen MR) is 78.7 cm³/mol. The van der Waals surface area contributed by atoms with Crippen LogP contribution in [0.3, 0.4) is 0 Å². The third-order valence-electron chi connectivity index (χ3n) is 2.64. The molecular formula is C14H19BrN2O2. The molecule has 1 rings (SSSR count). The highest BCUT2D eigenvalue weighted by molar-refractivity contribution is 9.10. The van der Waals surface area contributed by atoms with E-state index >= 15 is 0 Å². The molecule has 1 aromatic rings. The number of alkyl halides is 1. The zero-order chi connectivity index (χ0) is 14.5. The van der Waals surface area contributed by atoms with E-state index in [4.69, 9.17) is 5.73 Å². The van der Waals surface area contributed by atoms with Crippen molar-refractivity contribution in [2.75, 3.05) is 6.54 Å². The van der Waals surface area contributed by atoms with Gasteiger partial charge in [0.15, 0.2) is 0 Å². The number of carbonyl (C=O) groups is 2. The topological polar surface area (TPSA) is 63.4 Å². The van der Waals surface area contributed by atoms with Crippen LogP contribution < -0.4 is 5.73 Å². The van der Waals surface area contributed by atoms with Crippen LogP contribution in [0.1, 0.15) is 25.8 Å². The summed E-state index contributed by atoms with van der Waals surface area (Å²) < 4.78 is -0.653. The molecule has 0 aliphatic carbocycles. The number of hydrogen-bond donors (Lipinski definition) is 1. The molecule has 0 heterocycles. The molecule has 0 aliphatic heterocycles. The van der Waals surface area contributed by atoms with Crippen LogP contribution in [-0.4, -0.2) is 27.6 Å². The van der Waals surface area contributed by atoms with Crippen molar-refractivity contribution in [3.63, 3.8) is 0 Å². The zero-order valence-electron chi connectivity index (χ0n) is 11.2. The van der Waals surface area contributed by atoms with Gasteiger partial charge in [-0.1, -0.05) is 46.3 Å². The molecule has 0 atom stereocenters. The Morgan fingerprint density at radius 2 is 1.84 bits per heavy atom. The van der Waals surface area contributed by atoms with Gasteiger partial charge in [0.05, 0.1) is 4.32 Å². The maximum atomic E-state index is 12.3. The van der Waals surface area contributed by atoms with Crippen LogP contribution in [0.25, 0.3) is 0 Å². The molecule has 0 aliphatic rings. The average molecular weight is 327 g/mol. The van der Waals surface area contributed by atoms with E-state index in [2.05, 4.69) is 15.9 Å². The summed E-state index contributed by atoms with van der Waals surface area (Å²) in [5.74, 6) is -0.462. The van der Waals surface area contributed by atoms with Gasteiger partial charge in [0.25, 0.3) is 0 Å². The van der Waals surface area contributed by atoms with Crippen LogP contribution in [0, 0.1) is 0 Å².